The van der Waals surface area contributed by atoms with Crippen LogP contribution in [0.25, 0.3) is 20.8 Å². The summed E-state index contributed by atoms with van der Waals surface area (Å²) in [7, 11) is 0. The average molecular weight is 582 g/mol. The Morgan fingerprint density at radius 2 is 1.38 bits per heavy atom. The Bertz CT molecular complexity index is 1150. The number of fused-ring (bicyclic) bond motifs is 2. The Labute approximate surface area is 195 Å². The highest BCUT2D eigenvalue weighted by Crippen LogP contribution is 2.34. The van der Waals surface area contributed by atoms with Crippen molar-refractivity contribution in [3.8, 4) is 0 Å². The molecule has 0 saturated heterocycles. The van der Waals surface area contributed by atoms with Crippen molar-refractivity contribution in [2.45, 2.75) is 14.9 Å². The van der Waals surface area contributed by atoms with Crippen molar-refractivity contribution in [1.29, 1.82) is 0 Å². The third-order valence-electron chi connectivity index (χ3n) is 4.02. The molecule has 0 unspecified atom stereocenters. The van der Waals surface area contributed by atoms with Crippen molar-refractivity contribution in [3.63, 3.8) is 0 Å². The zero-order valence-electron chi connectivity index (χ0n) is 13.8. The summed E-state index contributed by atoms with van der Waals surface area (Å²) in [4.78, 5) is 14.4. The number of benzene rings is 3. The zero-order chi connectivity index (χ0) is 19.6. The minimum absolute atomic E-state index is 0. The summed E-state index contributed by atoms with van der Waals surface area (Å²) in [5.41, 5.74) is 17.0. The highest BCUT2D eigenvalue weighted by Gasteiger charge is 2.29. The van der Waals surface area contributed by atoms with E-state index in [0.717, 1.165) is 31.0 Å². The van der Waals surface area contributed by atoms with Crippen LogP contribution in [0.3, 0.4) is 0 Å². The number of nitrogens with zero attached hydrogens (tertiary/aromatic N) is 2. The molecule has 29 heavy (non-hydrogen) atoms. The van der Waals surface area contributed by atoms with Gasteiger partial charge in [-0.05, 0) is 33.4 Å². The fourth-order valence-electron chi connectivity index (χ4n) is 2.72. The molecular formula is C22H20Br3N3O. The second kappa shape index (κ2) is 10.6. The number of nitrogen functional groups attached to an aromatic ring is 1. The number of carbonyl (C=O) groups is 1. The lowest BCUT2D eigenvalue weighted by Gasteiger charge is -2.08. The molecule has 1 aliphatic rings. The summed E-state index contributed by atoms with van der Waals surface area (Å²) >= 11 is 10.2. The molecule has 0 aliphatic heterocycles. The van der Waals surface area contributed by atoms with Gasteiger partial charge in [0.1, 0.15) is 0 Å². The number of ketones is 1. The molecule has 2 N–H and O–H groups in total. The Morgan fingerprint density at radius 1 is 0.828 bits per heavy atom. The number of halogens is 3. The van der Waals surface area contributed by atoms with Crippen LogP contribution in [0.4, 0.5) is 5.69 Å². The van der Waals surface area contributed by atoms with Gasteiger partial charge in [-0.3, -0.25) is 4.79 Å². The maximum atomic E-state index is 11.4. The van der Waals surface area contributed by atoms with Crippen LogP contribution >= 0.6 is 47.8 Å². The van der Waals surface area contributed by atoms with Crippen molar-refractivity contribution in [3.05, 3.63) is 86.3 Å². The molecule has 0 radical (unpaired) electrons. The van der Waals surface area contributed by atoms with Crippen LogP contribution in [0.15, 0.2) is 69.6 Å². The highest BCUT2D eigenvalue weighted by molar-refractivity contribution is 9.15. The minimum atomic E-state index is -0.293. The molecule has 0 spiro atoms. The van der Waals surface area contributed by atoms with Gasteiger partial charge in [-0.2, -0.15) is 4.79 Å². The lowest BCUT2D eigenvalue weighted by atomic mass is 9.95. The number of hydrogen-bond acceptors (Lipinski definition) is 2. The molecule has 0 amide bonds. The highest BCUT2D eigenvalue weighted by atomic mass is 79.9. The van der Waals surface area contributed by atoms with Crippen LogP contribution in [-0.2, 0) is 4.79 Å². The Balaban J connectivity index is 0.000000272. The van der Waals surface area contributed by atoms with E-state index < -0.39 is 0 Å². The number of allylic oxidation sites excluding steroid dienone is 1. The Morgan fingerprint density at radius 3 is 2.00 bits per heavy atom. The standard InChI is InChI=1S/C10H7Br2N.C10H5BrN2O.2CH4/c11-8-5-9(12)10(13)7-4-2-1-3-6(7)8;11-8-5-9(14)10(13-12)7-4-2-1-3-6(7)8;;/h1-5H,13H2;1-5H;2*1H4. The largest absolute Gasteiger partial charge is 0.397 e. The Hall–Kier alpha value is -2.05. The quantitative estimate of drug-likeness (QED) is 0.172. The van der Waals surface area contributed by atoms with Crippen molar-refractivity contribution < 1.29 is 9.58 Å². The van der Waals surface area contributed by atoms with E-state index in [4.69, 9.17) is 11.3 Å². The molecule has 0 bridgehead atoms. The van der Waals surface area contributed by atoms with Crippen molar-refractivity contribution >= 4 is 80.2 Å². The van der Waals surface area contributed by atoms with Gasteiger partial charge in [-0.1, -0.05) is 89.2 Å². The first-order valence-electron chi connectivity index (χ1n) is 7.79. The lowest BCUT2D eigenvalue weighted by Crippen LogP contribution is -2.19. The third-order valence-corrected chi connectivity index (χ3v) is 5.98. The summed E-state index contributed by atoms with van der Waals surface area (Å²) in [5.74, 6) is -0.293. The predicted octanol–water partition coefficient (Wildman–Crippen LogP) is 7.24. The molecule has 0 heterocycles. The molecular weight excluding hydrogens is 562 g/mol. The van der Waals surface area contributed by atoms with Crippen LogP contribution in [0, 0.1) is 0 Å². The van der Waals surface area contributed by atoms with Gasteiger partial charge in [0, 0.05) is 30.5 Å². The zero-order valence-corrected chi connectivity index (χ0v) is 18.5. The van der Waals surface area contributed by atoms with E-state index in [-0.39, 0.29) is 26.3 Å². The maximum absolute atomic E-state index is 11.4. The second-order valence-corrected chi connectivity index (χ2v) is 8.21. The van der Waals surface area contributed by atoms with Gasteiger partial charge in [-0.15, -0.1) is 0 Å². The van der Waals surface area contributed by atoms with Crippen molar-refractivity contribution in [2.24, 2.45) is 0 Å². The van der Waals surface area contributed by atoms with Gasteiger partial charge in [0.15, 0.2) is 0 Å². The first-order chi connectivity index (χ1) is 12.9. The van der Waals surface area contributed by atoms with Gasteiger partial charge >= 0.3 is 5.71 Å². The molecule has 3 aromatic rings. The monoisotopic (exact) mass is 579 g/mol. The van der Waals surface area contributed by atoms with Gasteiger partial charge in [0.05, 0.1) is 11.3 Å². The van der Waals surface area contributed by atoms with E-state index in [1.807, 2.05) is 42.5 Å². The average Bonchev–Trinajstić information content (AvgIpc) is 2.67. The molecule has 0 fully saturated rings. The molecule has 1 aliphatic carbocycles. The molecule has 0 saturated carbocycles. The fourth-order valence-corrected chi connectivity index (χ4v) is 4.59. The Kier molecular flexibility index (Phi) is 9.17. The second-order valence-electron chi connectivity index (χ2n) is 5.65. The number of carbonyl (C=O) groups excluding carboxylic acids is 1. The first-order valence-corrected chi connectivity index (χ1v) is 10.2. The molecule has 7 heteroatoms. The third kappa shape index (κ3) is 5.11. The molecule has 3 aromatic carbocycles. The topological polar surface area (TPSA) is 79.5 Å². The van der Waals surface area contributed by atoms with Crippen LogP contribution in [0.1, 0.15) is 26.0 Å². The molecule has 4 rings (SSSR count). The summed E-state index contributed by atoms with van der Waals surface area (Å²) in [6, 6.07) is 17.3. The summed E-state index contributed by atoms with van der Waals surface area (Å²) in [6.07, 6.45) is 1.40. The van der Waals surface area contributed by atoms with E-state index in [1.54, 1.807) is 12.1 Å². The van der Waals surface area contributed by atoms with Gasteiger partial charge in [0.25, 0.3) is 5.78 Å². The molecule has 0 aromatic heterocycles. The van der Waals surface area contributed by atoms with Gasteiger partial charge in [-0.25, -0.2) is 0 Å². The van der Waals surface area contributed by atoms with E-state index in [1.165, 1.54) is 6.08 Å². The maximum Gasteiger partial charge on any atom is 0.369 e. The number of hydrogen-bond donors (Lipinski definition) is 1. The predicted molar refractivity (Wildman–Crippen MR) is 133 cm³/mol. The summed E-state index contributed by atoms with van der Waals surface area (Å²) < 4.78 is 2.70. The number of anilines is 1. The van der Waals surface area contributed by atoms with E-state index in [0.29, 0.717) is 10.0 Å². The lowest BCUT2D eigenvalue weighted by molar-refractivity contribution is -0.112. The molecule has 0 atom stereocenters. The minimum Gasteiger partial charge on any atom is -0.397 e. The number of rotatable bonds is 0. The van der Waals surface area contributed by atoms with E-state index >= 15 is 0 Å². The molecule has 4 nitrogen and oxygen atoms in total. The number of nitrogens with two attached hydrogens (primary N) is 1. The summed E-state index contributed by atoms with van der Waals surface area (Å²) in [6.45, 7) is 0. The van der Waals surface area contributed by atoms with E-state index in [2.05, 4.69) is 52.6 Å². The van der Waals surface area contributed by atoms with Crippen LogP contribution < -0.4 is 5.73 Å². The van der Waals surface area contributed by atoms with Crippen LogP contribution in [0.2, 0.25) is 0 Å². The first kappa shape index (κ1) is 25.0. The molecule has 150 valence electrons. The van der Waals surface area contributed by atoms with Gasteiger partial charge < -0.3 is 11.3 Å². The SMILES string of the molecule is C.C.Nc1c(Br)cc(Br)c2ccccc12.[N-]=[N+]=C1C(=O)C=C(Br)c2ccccc21. The van der Waals surface area contributed by atoms with Crippen LogP contribution in [0.5, 0.6) is 0 Å². The smallest absolute Gasteiger partial charge is 0.369 e. The van der Waals surface area contributed by atoms with Crippen molar-refractivity contribution in [1.82, 2.24) is 0 Å². The van der Waals surface area contributed by atoms with Crippen LogP contribution in [-0.4, -0.2) is 16.3 Å². The van der Waals surface area contributed by atoms with Crippen molar-refractivity contribution in [2.75, 3.05) is 5.73 Å². The van der Waals surface area contributed by atoms with Gasteiger partial charge in [0.2, 0.25) is 0 Å². The normalized spacial score (nSPS) is 11.8. The summed E-state index contributed by atoms with van der Waals surface area (Å²) in [5, 5.41) is 2.21. The fraction of sp³-hybridized carbons (Fsp3) is 0.0909. The van der Waals surface area contributed by atoms with E-state index in [9.17, 15) is 4.79 Å².